The van der Waals surface area contributed by atoms with Gasteiger partial charge in [-0.25, -0.2) is 32.2 Å². The van der Waals surface area contributed by atoms with Crippen LogP contribution in [0, 0.1) is 32.4 Å². The maximum Gasteiger partial charge on any atom is 0.246 e. The summed E-state index contributed by atoms with van der Waals surface area (Å²) in [6.45, 7) is 6.73. The van der Waals surface area contributed by atoms with E-state index in [1.807, 2.05) is 29.4 Å². The normalized spacial score (nSPS) is 15.5. The molecule has 0 unspecified atom stereocenters. The van der Waals surface area contributed by atoms with Gasteiger partial charge in [-0.05, 0) is 32.9 Å². The second kappa shape index (κ2) is 7.97. The molecule has 0 atom stereocenters. The van der Waals surface area contributed by atoms with E-state index in [-0.39, 0.29) is 13.1 Å². The Balaban J connectivity index is 1.54. The Morgan fingerprint density at radius 3 is 2.23 bits per heavy atom. The third-order valence-electron chi connectivity index (χ3n) is 5.38. The van der Waals surface area contributed by atoms with Crippen LogP contribution >= 0.6 is 0 Å². The number of hydrogen-bond acceptors (Lipinski definition) is 6. The van der Waals surface area contributed by atoms with Gasteiger partial charge in [0.15, 0.2) is 0 Å². The van der Waals surface area contributed by atoms with Gasteiger partial charge in [-0.1, -0.05) is 0 Å². The predicted molar refractivity (Wildman–Crippen MR) is 111 cm³/mol. The second-order valence-corrected chi connectivity index (χ2v) is 9.29. The molecule has 31 heavy (non-hydrogen) atoms. The number of hydrogen-bond donors (Lipinski definition) is 0. The Morgan fingerprint density at radius 2 is 1.61 bits per heavy atom. The third kappa shape index (κ3) is 4.02. The smallest absolute Gasteiger partial charge is 0.246 e. The number of imidazole rings is 1. The zero-order valence-corrected chi connectivity index (χ0v) is 18.2. The molecule has 4 rings (SSSR count). The fraction of sp³-hybridized carbons (Fsp3) is 0.350. The average molecular weight is 448 g/mol. The molecule has 0 radical (unpaired) electrons. The topological polar surface area (TPSA) is 84.2 Å². The van der Waals surface area contributed by atoms with Crippen LogP contribution in [-0.2, 0) is 10.0 Å². The molecule has 11 heteroatoms. The van der Waals surface area contributed by atoms with E-state index < -0.39 is 26.6 Å². The van der Waals surface area contributed by atoms with E-state index in [4.69, 9.17) is 0 Å². The molecule has 0 amide bonds. The highest BCUT2D eigenvalue weighted by Gasteiger charge is 2.31. The van der Waals surface area contributed by atoms with Gasteiger partial charge in [-0.3, -0.25) is 4.57 Å². The van der Waals surface area contributed by atoms with Crippen molar-refractivity contribution >= 4 is 15.8 Å². The zero-order chi connectivity index (χ0) is 22.3. The zero-order valence-electron chi connectivity index (χ0n) is 17.4. The lowest BCUT2D eigenvalue weighted by atomic mass is 10.3. The highest BCUT2D eigenvalue weighted by Crippen LogP contribution is 2.24. The van der Waals surface area contributed by atoms with Gasteiger partial charge in [0.05, 0.1) is 5.69 Å². The summed E-state index contributed by atoms with van der Waals surface area (Å²) in [7, 11) is -4.06. The van der Waals surface area contributed by atoms with E-state index in [0.717, 1.165) is 23.5 Å². The molecule has 2 aromatic heterocycles. The first-order chi connectivity index (χ1) is 14.7. The van der Waals surface area contributed by atoms with E-state index in [9.17, 15) is 17.2 Å². The summed E-state index contributed by atoms with van der Waals surface area (Å²) in [4.78, 5) is 14.7. The fourth-order valence-electron chi connectivity index (χ4n) is 3.53. The quantitative estimate of drug-likeness (QED) is 0.609. The van der Waals surface area contributed by atoms with Crippen LogP contribution in [0.5, 0.6) is 0 Å². The Kier molecular flexibility index (Phi) is 5.48. The molecule has 0 N–H and O–H groups in total. The first-order valence-corrected chi connectivity index (χ1v) is 11.2. The lowest BCUT2D eigenvalue weighted by molar-refractivity contribution is 0.381. The molecule has 1 aromatic carbocycles. The summed E-state index contributed by atoms with van der Waals surface area (Å²) >= 11 is 0. The Hall–Kier alpha value is -2.92. The number of piperazine rings is 1. The largest absolute Gasteiger partial charge is 0.354 e. The van der Waals surface area contributed by atoms with Gasteiger partial charge in [0.1, 0.15) is 40.3 Å². The number of aryl methyl sites for hydroxylation is 2. The maximum atomic E-state index is 14.0. The minimum atomic E-state index is -4.06. The van der Waals surface area contributed by atoms with Crippen molar-refractivity contribution in [3.05, 3.63) is 59.4 Å². The van der Waals surface area contributed by atoms with Crippen molar-refractivity contribution < 1.29 is 17.2 Å². The number of nitrogens with zero attached hydrogens (tertiary/aromatic N) is 6. The molecule has 3 heterocycles. The van der Waals surface area contributed by atoms with Crippen molar-refractivity contribution in [2.24, 2.45) is 0 Å². The standard InChI is InChI=1S/C20H22F2N6O2S/c1-13-14(2)28(12-23-13)20-11-19(24-15(3)25-20)26-6-8-27(9-7-26)31(29,30)18-5-4-16(21)10-17(18)22/h4-5,10-12H,6-9H2,1-3H3. The number of anilines is 1. The molecule has 0 aliphatic carbocycles. The molecule has 3 aromatic rings. The van der Waals surface area contributed by atoms with E-state index in [2.05, 4.69) is 15.0 Å². The van der Waals surface area contributed by atoms with Gasteiger partial charge in [0.25, 0.3) is 0 Å². The Morgan fingerprint density at radius 1 is 0.935 bits per heavy atom. The first kappa shape index (κ1) is 21.3. The molecule has 1 saturated heterocycles. The summed E-state index contributed by atoms with van der Waals surface area (Å²) < 4.78 is 55.9. The maximum absolute atomic E-state index is 14.0. The molecular weight excluding hydrogens is 426 g/mol. The van der Waals surface area contributed by atoms with Gasteiger partial charge in [0.2, 0.25) is 10.0 Å². The minimum absolute atomic E-state index is 0.154. The highest BCUT2D eigenvalue weighted by atomic mass is 32.2. The van der Waals surface area contributed by atoms with Crippen molar-refractivity contribution in [1.29, 1.82) is 0 Å². The molecule has 164 valence electrons. The molecule has 1 fully saturated rings. The van der Waals surface area contributed by atoms with E-state index >= 15 is 0 Å². The van der Waals surface area contributed by atoms with Crippen molar-refractivity contribution in [2.75, 3.05) is 31.1 Å². The van der Waals surface area contributed by atoms with Crippen LogP contribution in [0.25, 0.3) is 5.82 Å². The molecule has 1 aliphatic rings. The molecule has 0 spiro atoms. The molecule has 0 bridgehead atoms. The first-order valence-electron chi connectivity index (χ1n) is 9.73. The number of halogens is 2. The summed E-state index contributed by atoms with van der Waals surface area (Å²) in [6.07, 6.45) is 1.71. The van der Waals surface area contributed by atoms with Crippen LogP contribution in [0.2, 0.25) is 0 Å². The second-order valence-electron chi connectivity index (χ2n) is 7.38. The van der Waals surface area contributed by atoms with Gasteiger partial charge in [-0.15, -0.1) is 0 Å². The lowest BCUT2D eigenvalue weighted by Crippen LogP contribution is -2.49. The predicted octanol–water partition coefficient (Wildman–Crippen LogP) is 2.38. The van der Waals surface area contributed by atoms with Crippen LogP contribution in [0.4, 0.5) is 14.6 Å². The van der Waals surface area contributed by atoms with Crippen LogP contribution in [0.15, 0.2) is 35.5 Å². The van der Waals surface area contributed by atoms with Crippen LogP contribution in [-0.4, -0.2) is 58.4 Å². The fourth-order valence-corrected chi connectivity index (χ4v) is 5.00. The van der Waals surface area contributed by atoms with E-state index in [1.165, 1.54) is 4.31 Å². The van der Waals surface area contributed by atoms with Crippen molar-refractivity contribution in [3.63, 3.8) is 0 Å². The van der Waals surface area contributed by atoms with E-state index in [0.29, 0.717) is 36.6 Å². The van der Waals surface area contributed by atoms with Gasteiger partial charge in [0, 0.05) is 44.0 Å². The monoisotopic (exact) mass is 448 g/mol. The molecule has 0 saturated carbocycles. The van der Waals surface area contributed by atoms with Crippen molar-refractivity contribution in [2.45, 2.75) is 25.7 Å². The van der Waals surface area contributed by atoms with Crippen LogP contribution < -0.4 is 4.90 Å². The summed E-state index contributed by atoms with van der Waals surface area (Å²) in [6, 6.07) is 4.32. The summed E-state index contributed by atoms with van der Waals surface area (Å²) in [5, 5.41) is 0. The number of aromatic nitrogens is 4. The third-order valence-corrected chi connectivity index (χ3v) is 7.32. The van der Waals surface area contributed by atoms with Crippen LogP contribution in [0.1, 0.15) is 17.2 Å². The van der Waals surface area contributed by atoms with Gasteiger partial charge >= 0.3 is 0 Å². The Bertz CT molecular complexity index is 1240. The number of benzene rings is 1. The molecule has 1 aliphatic heterocycles. The number of sulfonamides is 1. The van der Waals surface area contributed by atoms with Crippen molar-refractivity contribution in [3.8, 4) is 5.82 Å². The van der Waals surface area contributed by atoms with Gasteiger partial charge < -0.3 is 4.90 Å². The summed E-state index contributed by atoms with van der Waals surface area (Å²) in [5.41, 5.74) is 1.88. The lowest BCUT2D eigenvalue weighted by Gasteiger charge is -2.34. The number of rotatable bonds is 4. The van der Waals surface area contributed by atoms with Crippen LogP contribution in [0.3, 0.4) is 0 Å². The van der Waals surface area contributed by atoms with Crippen molar-refractivity contribution in [1.82, 2.24) is 23.8 Å². The molecular formula is C20H22F2N6O2S. The summed E-state index contributed by atoms with van der Waals surface area (Å²) in [5.74, 6) is 0.0352. The average Bonchev–Trinajstić information content (AvgIpc) is 3.06. The van der Waals surface area contributed by atoms with E-state index in [1.54, 1.807) is 13.3 Å². The SMILES string of the molecule is Cc1nc(N2CCN(S(=O)(=O)c3ccc(F)cc3F)CC2)cc(-n2cnc(C)c2C)n1. The Labute approximate surface area is 179 Å². The minimum Gasteiger partial charge on any atom is -0.354 e. The molecule has 8 nitrogen and oxygen atoms in total. The van der Waals surface area contributed by atoms with Gasteiger partial charge in [-0.2, -0.15) is 4.31 Å². The highest BCUT2D eigenvalue weighted by molar-refractivity contribution is 7.89.